The van der Waals surface area contributed by atoms with Gasteiger partial charge in [-0.05, 0) is 6.92 Å². The number of aromatic nitrogens is 4. The van der Waals surface area contributed by atoms with Crippen molar-refractivity contribution in [2.45, 2.75) is 13.0 Å². The molecule has 116 valence electrons. The van der Waals surface area contributed by atoms with Crippen molar-refractivity contribution < 1.29 is 9.53 Å². The minimum atomic E-state index is -0.713. The smallest absolute Gasteiger partial charge is 0.326 e. The first-order chi connectivity index (χ1) is 10.5. The van der Waals surface area contributed by atoms with Crippen LogP contribution in [-0.4, -0.2) is 50.5 Å². The van der Waals surface area contributed by atoms with Crippen LogP contribution in [-0.2, 0) is 4.74 Å². The van der Waals surface area contributed by atoms with Gasteiger partial charge in [0, 0.05) is 24.5 Å². The number of nitrogens with zero attached hydrogens (tertiary/aromatic N) is 2. The third kappa shape index (κ3) is 2.70. The zero-order chi connectivity index (χ0) is 15.7. The molecule has 0 unspecified atom stereocenters. The number of morpholine rings is 1. The van der Waals surface area contributed by atoms with E-state index in [1.807, 2.05) is 11.9 Å². The predicted octanol–water partition coefficient (Wildman–Crippen LogP) is -0.692. The fraction of sp³-hybridized carbons (Fsp3) is 0.385. The van der Waals surface area contributed by atoms with Gasteiger partial charge < -0.3 is 19.6 Å². The van der Waals surface area contributed by atoms with Gasteiger partial charge in [-0.1, -0.05) is 0 Å². The molecule has 0 aliphatic carbocycles. The SMILES string of the molecule is Cc1cnc([C@H]2COCCN2C(=O)c2cc(=O)[nH]c(=O)[nH]2)[nH]1. The van der Waals surface area contributed by atoms with Crippen LogP contribution < -0.4 is 11.2 Å². The lowest BCUT2D eigenvalue weighted by atomic mass is 10.2. The van der Waals surface area contributed by atoms with Crippen LogP contribution in [0.1, 0.15) is 28.0 Å². The third-order valence-corrected chi connectivity index (χ3v) is 3.42. The highest BCUT2D eigenvalue weighted by molar-refractivity contribution is 5.92. The van der Waals surface area contributed by atoms with Crippen molar-refractivity contribution in [1.29, 1.82) is 0 Å². The van der Waals surface area contributed by atoms with Crippen LogP contribution in [0.15, 0.2) is 21.9 Å². The van der Waals surface area contributed by atoms with Gasteiger partial charge in [-0.15, -0.1) is 0 Å². The highest BCUT2D eigenvalue weighted by atomic mass is 16.5. The Balaban J connectivity index is 1.94. The summed E-state index contributed by atoms with van der Waals surface area (Å²) < 4.78 is 5.42. The van der Waals surface area contributed by atoms with E-state index in [0.29, 0.717) is 25.6 Å². The Labute approximate surface area is 124 Å². The topological polar surface area (TPSA) is 124 Å². The number of aromatic amines is 3. The van der Waals surface area contributed by atoms with E-state index in [2.05, 4.69) is 15.0 Å². The van der Waals surface area contributed by atoms with Gasteiger partial charge in [0.15, 0.2) is 0 Å². The summed E-state index contributed by atoms with van der Waals surface area (Å²) in [7, 11) is 0. The summed E-state index contributed by atoms with van der Waals surface area (Å²) in [4.78, 5) is 48.5. The Hall–Kier alpha value is -2.68. The minimum Gasteiger partial charge on any atom is -0.377 e. The maximum atomic E-state index is 12.6. The molecule has 2 aromatic rings. The molecule has 1 saturated heterocycles. The van der Waals surface area contributed by atoms with Crippen LogP contribution in [0, 0.1) is 6.92 Å². The summed E-state index contributed by atoms with van der Waals surface area (Å²) in [6.45, 7) is 2.89. The van der Waals surface area contributed by atoms with E-state index in [4.69, 9.17) is 4.74 Å². The predicted molar refractivity (Wildman–Crippen MR) is 75.6 cm³/mol. The highest BCUT2D eigenvalue weighted by Crippen LogP contribution is 2.23. The molecule has 9 nitrogen and oxygen atoms in total. The fourth-order valence-corrected chi connectivity index (χ4v) is 2.41. The van der Waals surface area contributed by atoms with E-state index >= 15 is 0 Å². The van der Waals surface area contributed by atoms with Gasteiger partial charge in [-0.25, -0.2) is 9.78 Å². The molecule has 3 rings (SSSR count). The van der Waals surface area contributed by atoms with E-state index in [1.165, 1.54) is 4.90 Å². The Morgan fingerprint density at radius 3 is 2.86 bits per heavy atom. The monoisotopic (exact) mass is 305 g/mol. The van der Waals surface area contributed by atoms with E-state index in [0.717, 1.165) is 11.8 Å². The Bertz CT molecular complexity index is 777. The Morgan fingerprint density at radius 2 is 2.18 bits per heavy atom. The second kappa shape index (κ2) is 5.60. The van der Waals surface area contributed by atoms with Gasteiger partial charge >= 0.3 is 5.69 Å². The molecule has 9 heteroatoms. The van der Waals surface area contributed by atoms with Crippen molar-refractivity contribution in [3.63, 3.8) is 0 Å². The van der Waals surface area contributed by atoms with Crippen LogP contribution in [0.5, 0.6) is 0 Å². The zero-order valence-corrected chi connectivity index (χ0v) is 11.9. The summed E-state index contributed by atoms with van der Waals surface area (Å²) >= 11 is 0. The number of imidazole rings is 1. The normalized spacial score (nSPS) is 18.4. The number of H-pyrrole nitrogens is 3. The standard InChI is InChI=1S/C13H15N5O4/c1-7-5-14-11(15-7)9-6-22-3-2-18(9)12(20)8-4-10(19)17-13(21)16-8/h4-5,9H,2-3,6H2,1H3,(H,14,15)(H2,16,17,19,21)/t9-/m1/s1. The lowest BCUT2D eigenvalue weighted by Crippen LogP contribution is -2.45. The van der Waals surface area contributed by atoms with Crippen molar-refractivity contribution in [2.24, 2.45) is 0 Å². The number of aryl methyl sites for hydroxylation is 1. The molecule has 22 heavy (non-hydrogen) atoms. The lowest BCUT2D eigenvalue weighted by molar-refractivity contribution is -0.00535. The maximum absolute atomic E-state index is 12.6. The summed E-state index contributed by atoms with van der Waals surface area (Å²) in [5.74, 6) is 0.170. The van der Waals surface area contributed by atoms with Gasteiger partial charge in [-0.2, -0.15) is 0 Å². The Kier molecular flexibility index (Phi) is 3.63. The Morgan fingerprint density at radius 1 is 1.36 bits per heavy atom. The second-order valence-electron chi connectivity index (χ2n) is 5.04. The van der Waals surface area contributed by atoms with Crippen LogP contribution in [0.25, 0.3) is 0 Å². The molecule has 2 aromatic heterocycles. The molecule has 0 radical (unpaired) electrons. The largest absolute Gasteiger partial charge is 0.377 e. The van der Waals surface area contributed by atoms with Gasteiger partial charge in [0.05, 0.1) is 13.2 Å². The summed E-state index contributed by atoms with van der Waals surface area (Å²) in [5.41, 5.74) is -0.512. The maximum Gasteiger partial charge on any atom is 0.326 e. The zero-order valence-electron chi connectivity index (χ0n) is 11.9. The molecule has 1 fully saturated rings. The van der Waals surface area contributed by atoms with E-state index in [9.17, 15) is 14.4 Å². The molecule has 3 heterocycles. The quantitative estimate of drug-likeness (QED) is 0.677. The van der Waals surface area contributed by atoms with Crippen LogP contribution >= 0.6 is 0 Å². The minimum absolute atomic E-state index is 0.0519. The average molecular weight is 305 g/mol. The molecule has 1 atom stereocenters. The number of hydrogen-bond acceptors (Lipinski definition) is 5. The number of carbonyl (C=O) groups excluding carboxylic acids is 1. The van der Waals surface area contributed by atoms with E-state index in [-0.39, 0.29) is 5.69 Å². The first-order valence-corrected chi connectivity index (χ1v) is 6.78. The first-order valence-electron chi connectivity index (χ1n) is 6.78. The second-order valence-corrected chi connectivity index (χ2v) is 5.04. The molecule has 3 N–H and O–H groups in total. The van der Waals surface area contributed by atoms with E-state index in [1.54, 1.807) is 6.20 Å². The number of nitrogens with one attached hydrogen (secondary N) is 3. The van der Waals surface area contributed by atoms with Gasteiger partial charge in [0.2, 0.25) is 0 Å². The number of rotatable bonds is 2. The van der Waals surface area contributed by atoms with Gasteiger partial charge in [0.25, 0.3) is 11.5 Å². The lowest BCUT2D eigenvalue weighted by Gasteiger charge is -2.34. The number of carbonyl (C=O) groups is 1. The molecule has 1 aliphatic rings. The third-order valence-electron chi connectivity index (χ3n) is 3.42. The number of ether oxygens (including phenoxy) is 1. The van der Waals surface area contributed by atoms with Crippen molar-refractivity contribution in [3.8, 4) is 0 Å². The average Bonchev–Trinajstić information content (AvgIpc) is 2.92. The van der Waals surface area contributed by atoms with Crippen LogP contribution in [0.2, 0.25) is 0 Å². The summed E-state index contributed by atoms with van der Waals surface area (Å²) in [5, 5.41) is 0. The van der Waals surface area contributed by atoms with Crippen molar-refractivity contribution in [3.05, 3.63) is 50.3 Å². The molecule has 0 bridgehead atoms. The molecule has 0 saturated carbocycles. The molecule has 1 amide bonds. The van der Waals surface area contributed by atoms with E-state index < -0.39 is 23.2 Å². The molecule has 1 aliphatic heterocycles. The summed E-state index contributed by atoms with van der Waals surface area (Å²) in [6, 6.07) is 0.682. The van der Waals surface area contributed by atoms with Gasteiger partial charge in [-0.3, -0.25) is 14.6 Å². The van der Waals surface area contributed by atoms with Crippen LogP contribution in [0.3, 0.4) is 0 Å². The highest BCUT2D eigenvalue weighted by Gasteiger charge is 2.31. The summed E-state index contributed by atoms with van der Waals surface area (Å²) in [6.07, 6.45) is 1.67. The first kappa shape index (κ1) is 14.3. The van der Waals surface area contributed by atoms with Crippen molar-refractivity contribution in [2.75, 3.05) is 19.8 Å². The molecule has 0 aromatic carbocycles. The molecular weight excluding hydrogens is 290 g/mol. The van der Waals surface area contributed by atoms with Crippen molar-refractivity contribution >= 4 is 5.91 Å². The van der Waals surface area contributed by atoms with Crippen molar-refractivity contribution in [1.82, 2.24) is 24.8 Å². The van der Waals surface area contributed by atoms with Gasteiger partial charge in [0.1, 0.15) is 17.6 Å². The molecule has 0 spiro atoms. The molecular formula is C13H15N5O4. The number of hydrogen-bond donors (Lipinski definition) is 3. The number of amides is 1. The van der Waals surface area contributed by atoms with Crippen LogP contribution in [0.4, 0.5) is 0 Å². The fourth-order valence-electron chi connectivity index (χ4n) is 2.41.